The van der Waals surface area contributed by atoms with Crippen molar-refractivity contribution in [1.29, 1.82) is 0 Å². The summed E-state index contributed by atoms with van der Waals surface area (Å²) in [6, 6.07) is 3.90. The summed E-state index contributed by atoms with van der Waals surface area (Å²) >= 11 is 0. The Morgan fingerprint density at radius 1 is 0.812 bits per heavy atom. The van der Waals surface area contributed by atoms with E-state index < -0.39 is 0 Å². The van der Waals surface area contributed by atoms with Gasteiger partial charge >= 0.3 is 0 Å². The lowest BCUT2D eigenvalue weighted by Crippen LogP contribution is -2.14. The Kier molecular flexibility index (Phi) is 3.48. The highest BCUT2D eigenvalue weighted by atomic mass is 15.1. The van der Waals surface area contributed by atoms with Crippen LogP contribution in [0.3, 0.4) is 0 Å². The van der Waals surface area contributed by atoms with Crippen LogP contribution in [0.4, 0.5) is 11.4 Å². The minimum Gasteiger partial charge on any atom is -0.377 e. The first kappa shape index (κ1) is 12.0. The van der Waals surface area contributed by atoms with E-state index in [9.17, 15) is 0 Å². The smallest absolute Gasteiger partial charge is 0.0534 e. The average molecular weight is 212 g/mol. The van der Waals surface area contributed by atoms with Crippen LogP contribution in [0.15, 0.2) is 12.1 Å². The van der Waals surface area contributed by atoms with E-state index in [4.69, 9.17) is 12.8 Å². The predicted molar refractivity (Wildman–Crippen MR) is 71.0 cm³/mol. The third-order valence-electron chi connectivity index (χ3n) is 2.39. The second-order valence-electron chi connectivity index (χ2n) is 3.96. The van der Waals surface area contributed by atoms with E-state index in [0.29, 0.717) is 0 Å². The van der Waals surface area contributed by atoms with Gasteiger partial charge in [-0.25, -0.2) is 0 Å². The maximum atomic E-state index is 5.50. The second-order valence-corrected chi connectivity index (χ2v) is 3.96. The van der Waals surface area contributed by atoms with Crippen LogP contribution in [0.5, 0.6) is 0 Å². The highest BCUT2D eigenvalue weighted by Gasteiger charge is 2.10. The highest BCUT2D eigenvalue weighted by molar-refractivity contribution is 5.72. The molecule has 0 aliphatic heterocycles. The average Bonchev–Trinajstić information content (AvgIpc) is 2.26. The zero-order valence-corrected chi connectivity index (χ0v) is 10.2. The highest BCUT2D eigenvalue weighted by Crippen LogP contribution is 2.27. The molecule has 0 fully saturated rings. The van der Waals surface area contributed by atoms with Crippen molar-refractivity contribution in [1.82, 2.24) is 0 Å². The summed E-state index contributed by atoms with van der Waals surface area (Å²) in [5.74, 6) is 5.37. The van der Waals surface area contributed by atoms with Crippen LogP contribution in [0.2, 0.25) is 0 Å². The fourth-order valence-corrected chi connectivity index (χ4v) is 1.55. The Labute approximate surface area is 97.9 Å². The molecule has 2 nitrogen and oxygen atoms in total. The van der Waals surface area contributed by atoms with Crippen LogP contribution in [0, 0.1) is 24.7 Å². The molecule has 0 spiro atoms. The van der Waals surface area contributed by atoms with Crippen LogP contribution >= 0.6 is 0 Å². The Morgan fingerprint density at radius 3 is 1.31 bits per heavy atom. The molecule has 0 atom stereocenters. The van der Waals surface area contributed by atoms with Crippen LogP contribution < -0.4 is 9.80 Å². The number of anilines is 2. The van der Waals surface area contributed by atoms with Crippen molar-refractivity contribution >= 4 is 11.4 Å². The lowest BCUT2D eigenvalue weighted by atomic mass is 10.1. The molecule has 1 aromatic carbocycles. The molecule has 0 radical (unpaired) electrons. The van der Waals surface area contributed by atoms with Gasteiger partial charge < -0.3 is 9.80 Å². The number of rotatable bonds is 2. The van der Waals surface area contributed by atoms with Crippen molar-refractivity contribution in [3.63, 3.8) is 0 Å². The van der Waals surface area contributed by atoms with E-state index >= 15 is 0 Å². The zero-order valence-electron chi connectivity index (χ0n) is 10.2. The lowest BCUT2D eigenvalue weighted by molar-refractivity contribution is 1.10. The summed E-state index contributed by atoms with van der Waals surface area (Å²) in [7, 11) is 7.80. The molecule has 16 heavy (non-hydrogen) atoms. The van der Waals surface area contributed by atoms with Crippen LogP contribution in [-0.2, 0) is 0 Å². The number of hydrogen-bond acceptors (Lipinski definition) is 2. The molecular formula is C14H16N2. The Morgan fingerprint density at radius 2 is 1.12 bits per heavy atom. The molecule has 0 unspecified atom stereocenters. The Hall–Kier alpha value is -2.06. The summed E-state index contributed by atoms with van der Waals surface area (Å²) in [5.41, 5.74) is 3.66. The fourth-order valence-electron chi connectivity index (χ4n) is 1.55. The van der Waals surface area contributed by atoms with Gasteiger partial charge in [-0.1, -0.05) is 11.8 Å². The summed E-state index contributed by atoms with van der Waals surface area (Å²) in [6.07, 6.45) is 11.0. The van der Waals surface area contributed by atoms with Crippen LogP contribution in [0.25, 0.3) is 0 Å². The van der Waals surface area contributed by atoms with E-state index in [2.05, 4.69) is 11.8 Å². The first-order valence-corrected chi connectivity index (χ1v) is 4.97. The van der Waals surface area contributed by atoms with Gasteiger partial charge in [0, 0.05) is 39.3 Å². The predicted octanol–water partition coefficient (Wildman–Crippen LogP) is 1.78. The van der Waals surface area contributed by atoms with Gasteiger partial charge in [0.05, 0.1) is 11.4 Å². The van der Waals surface area contributed by atoms with E-state index in [1.54, 1.807) is 0 Å². The van der Waals surface area contributed by atoms with Crippen LogP contribution in [-0.4, -0.2) is 28.2 Å². The van der Waals surface area contributed by atoms with Gasteiger partial charge in [-0.3, -0.25) is 0 Å². The van der Waals surface area contributed by atoms with Crippen molar-refractivity contribution in [2.75, 3.05) is 38.0 Å². The van der Waals surface area contributed by atoms with Crippen molar-refractivity contribution in [3.8, 4) is 24.7 Å². The van der Waals surface area contributed by atoms with E-state index in [0.717, 1.165) is 22.5 Å². The minimum absolute atomic E-state index is 0.854. The standard InChI is InChI=1S/C14H16N2/c1-7-11-9-14(16(5)6)12(8-2)10-13(11)15(3)4/h1-2,9-10H,3-6H3. The van der Waals surface area contributed by atoms with Crippen LogP contribution in [0.1, 0.15) is 11.1 Å². The van der Waals surface area contributed by atoms with E-state index in [-0.39, 0.29) is 0 Å². The molecule has 0 aromatic heterocycles. The molecule has 0 amide bonds. The molecule has 0 saturated heterocycles. The van der Waals surface area contributed by atoms with Crippen molar-refractivity contribution in [2.45, 2.75) is 0 Å². The van der Waals surface area contributed by atoms with Crippen molar-refractivity contribution in [2.24, 2.45) is 0 Å². The van der Waals surface area contributed by atoms with Gasteiger partial charge in [-0.2, -0.15) is 0 Å². The number of nitrogens with zero attached hydrogens (tertiary/aromatic N) is 2. The summed E-state index contributed by atoms with van der Waals surface area (Å²) < 4.78 is 0. The van der Waals surface area contributed by atoms with Crippen molar-refractivity contribution < 1.29 is 0 Å². The van der Waals surface area contributed by atoms with E-state index in [1.807, 2.05) is 50.1 Å². The number of benzene rings is 1. The molecule has 2 heteroatoms. The largest absolute Gasteiger partial charge is 0.377 e. The third kappa shape index (κ3) is 2.12. The molecule has 0 saturated carbocycles. The maximum absolute atomic E-state index is 5.50. The van der Waals surface area contributed by atoms with Gasteiger partial charge in [0.1, 0.15) is 0 Å². The molecule has 0 heterocycles. The molecule has 0 aliphatic rings. The number of hydrogen-bond donors (Lipinski definition) is 0. The fraction of sp³-hybridized carbons (Fsp3) is 0.286. The van der Waals surface area contributed by atoms with Gasteiger partial charge in [-0.05, 0) is 12.1 Å². The van der Waals surface area contributed by atoms with Gasteiger partial charge in [0.25, 0.3) is 0 Å². The summed E-state index contributed by atoms with van der Waals surface area (Å²) in [4.78, 5) is 3.94. The normalized spacial score (nSPS) is 9.12. The Balaban J connectivity index is 3.50. The van der Waals surface area contributed by atoms with Gasteiger partial charge in [0.2, 0.25) is 0 Å². The SMILES string of the molecule is C#Cc1cc(N(C)C)c(C#C)cc1N(C)C. The molecule has 1 aromatic rings. The third-order valence-corrected chi connectivity index (χ3v) is 2.39. The molecule has 82 valence electrons. The van der Waals surface area contributed by atoms with Gasteiger partial charge in [0.15, 0.2) is 0 Å². The van der Waals surface area contributed by atoms with Crippen molar-refractivity contribution in [3.05, 3.63) is 23.3 Å². The van der Waals surface area contributed by atoms with E-state index in [1.165, 1.54) is 0 Å². The molecule has 0 bridgehead atoms. The second kappa shape index (κ2) is 4.64. The molecule has 1 rings (SSSR count). The topological polar surface area (TPSA) is 6.48 Å². The summed E-state index contributed by atoms with van der Waals surface area (Å²) in [6.45, 7) is 0. The summed E-state index contributed by atoms with van der Waals surface area (Å²) in [5, 5.41) is 0. The lowest BCUT2D eigenvalue weighted by Gasteiger charge is -2.20. The minimum atomic E-state index is 0.854. The quantitative estimate of drug-likeness (QED) is 0.689. The molecule has 0 aliphatic carbocycles. The Bertz CT molecular complexity index is 425. The zero-order chi connectivity index (χ0) is 12.3. The first-order chi connectivity index (χ1) is 7.51. The number of terminal acetylenes is 2. The monoisotopic (exact) mass is 212 g/mol. The van der Waals surface area contributed by atoms with Gasteiger partial charge in [-0.15, -0.1) is 12.8 Å². The molecule has 0 N–H and O–H groups in total. The maximum Gasteiger partial charge on any atom is 0.0534 e. The molecular weight excluding hydrogens is 196 g/mol. The first-order valence-electron chi connectivity index (χ1n) is 4.97.